The molecule has 8 heteroatoms. The molecule has 0 radical (unpaired) electrons. The first kappa shape index (κ1) is 21.6. The van der Waals surface area contributed by atoms with E-state index in [1.54, 1.807) is 0 Å². The number of carbonyl (C=O) groups is 1. The Kier molecular flexibility index (Phi) is 9.54. The molecule has 5 nitrogen and oxygen atoms in total. The average molecular weight is 421 g/mol. The summed E-state index contributed by atoms with van der Waals surface area (Å²) < 4.78 is 24.4. The molecule has 0 fully saturated rings. The Morgan fingerprint density at radius 3 is 2.04 bits per heavy atom. The third kappa shape index (κ3) is 8.70. The number of benzene rings is 2. The van der Waals surface area contributed by atoms with E-state index in [0.29, 0.717) is 13.2 Å². The van der Waals surface area contributed by atoms with Crippen molar-refractivity contribution in [2.45, 2.75) is 9.79 Å². The van der Waals surface area contributed by atoms with Gasteiger partial charge in [0, 0.05) is 16.3 Å². The number of terminal acetylenes is 1. The van der Waals surface area contributed by atoms with Gasteiger partial charge in [-0.2, -0.15) is 0 Å². The van der Waals surface area contributed by atoms with Gasteiger partial charge in [0.25, 0.3) is 5.91 Å². The second-order valence-corrected chi connectivity index (χ2v) is 12.2. The van der Waals surface area contributed by atoms with Crippen LogP contribution in [0.15, 0.2) is 70.5 Å². The molecule has 0 aliphatic carbocycles. The van der Waals surface area contributed by atoms with Crippen molar-refractivity contribution in [2.75, 3.05) is 26.4 Å². The smallest absolute Gasteiger partial charge is 0.322 e. The molecule has 0 spiro atoms. The van der Waals surface area contributed by atoms with Gasteiger partial charge in [-0.05, 0) is 52.9 Å². The molecule has 0 unspecified atom stereocenters. The highest BCUT2D eigenvalue weighted by Gasteiger charge is 2.27. The van der Waals surface area contributed by atoms with Crippen LogP contribution >= 0.6 is 28.5 Å². The summed E-state index contributed by atoms with van der Waals surface area (Å²) in [6.07, 6.45) is 4.95. The van der Waals surface area contributed by atoms with Crippen LogP contribution < -0.4 is 5.32 Å². The Balaban J connectivity index is 1.86. The number of rotatable bonds is 11. The zero-order valence-electron chi connectivity index (χ0n) is 14.6. The lowest BCUT2D eigenvalue weighted by molar-refractivity contribution is -0.115. The van der Waals surface area contributed by atoms with Gasteiger partial charge in [0.2, 0.25) is 0 Å². The zero-order chi connectivity index (χ0) is 19.4. The summed E-state index contributed by atoms with van der Waals surface area (Å²) in [5.41, 5.74) is 0. The topological polar surface area (TPSA) is 64.6 Å². The Labute approximate surface area is 167 Å². The first-order valence-corrected chi connectivity index (χ1v) is 12.6. The summed E-state index contributed by atoms with van der Waals surface area (Å²) >= 11 is 2.45. The van der Waals surface area contributed by atoms with E-state index in [0.717, 1.165) is 9.79 Å². The molecule has 2 aromatic carbocycles. The molecule has 0 aromatic heterocycles. The van der Waals surface area contributed by atoms with Crippen molar-refractivity contribution in [3.63, 3.8) is 0 Å². The molecule has 0 aliphatic heterocycles. The molecule has 27 heavy (non-hydrogen) atoms. The van der Waals surface area contributed by atoms with Crippen molar-refractivity contribution in [1.29, 1.82) is 0 Å². The normalized spacial score (nSPS) is 10.9. The SMILES string of the molecule is C#CC(=O)NCCOCCOP(=O)(Sc1ccccc1)Sc1ccccc1. The van der Waals surface area contributed by atoms with Crippen LogP contribution in [0, 0.1) is 12.3 Å². The molecule has 0 atom stereocenters. The van der Waals surface area contributed by atoms with Crippen molar-refractivity contribution in [1.82, 2.24) is 5.32 Å². The van der Waals surface area contributed by atoms with E-state index >= 15 is 0 Å². The van der Waals surface area contributed by atoms with Gasteiger partial charge in [0.1, 0.15) is 0 Å². The van der Waals surface area contributed by atoms with Crippen LogP contribution in [-0.2, 0) is 18.6 Å². The van der Waals surface area contributed by atoms with Gasteiger partial charge in [-0.1, -0.05) is 36.4 Å². The Morgan fingerprint density at radius 2 is 1.52 bits per heavy atom. The predicted octanol–water partition coefficient (Wildman–Crippen LogP) is 4.46. The highest BCUT2D eigenvalue weighted by molar-refractivity contribution is 8.89. The lowest BCUT2D eigenvalue weighted by Gasteiger charge is -2.17. The van der Waals surface area contributed by atoms with Crippen molar-refractivity contribution in [2.24, 2.45) is 0 Å². The predicted molar refractivity (Wildman–Crippen MR) is 111 cm³/mol. The van der Waals surface area contributed by atoms with E-state index in [1.807, 2.05) is 66.6 Å². The first-order chi connectivity index (χ1) is 13.1. The van der Waals surface area contributed by atoms with Crippen molar-refractivity contribution < 1.29 is 18.6 Å². The van der Waals surface area contributed by atoms with Gasteiger partial charge in [0.15, 0.2) is 0 Å². The number of carbonyl (C=O) groups excluding carboxylic acids is 1. The van der Waals surface area contributed by atoms with Crippen LogP contribution in [0.4, 0.5) is 0 Å². The van der Waals surface area contributed by atoms with Crippen LogP contribution in [0.3, 0.4) is 0 Å². The van der Waals surface area contributed by atoms with Crippen LogP contribution in [0.25, 0.3) is 0 Å². The first-order valence-electron chi connectivity index (χ1n) is 8.17. The van der Waals surface area contributed by atoms with Gasteiger partial charge < -0.3 is 14.6 Å². The number of nitrogens with one attached hydrogen (secondary N) is 1. The molecule has 2 rings (SSSR count). The quantitative estimate of drug-likeness (QED) is 0.328. The molecule has 1 N–H and O–H groups in total. The van der Waals surface area contributed by atoms with Gasteiger partial charge in [-0.25, -0.2) is 0 Å². The average Bonchev–Trinajstić information content (AvgIpc) is 2.68. The zero-order valence-corrected chi connectivity index (χ0v) is 17.1. The van der Waals surface area contributed by atoms with Gasteiger partial charge >= 0.3 is 5.77 Å². The molecule has 1 amide bonds. The maximum Gasteiger partial charge on any atom is 0.322 e. The van der Waals surface area contributed by atoms with Crippen LogP contribution in [-0.4, -0.2) is 32.3 Å². The number of hydrogen-bond donors (Lipinski definition) is 1. The second kappa shape index (κ2) is 11.9. The molecule has 142 valence electrons. The third-order valence-electron chi connectivity index (χ3n) is 3.06. The van der Waals surface area contributed by atoms with E-state index in [1.165, 1.54) is 22.8 Å². The number of hydrogen-bond acceptors (Lipinski definition) is 6. The Bertz CT molecular complexity index is 751. The summed E-state index contributed by atoms with van der Waals surface area (Å²) in [6, 6.07) is 19.0. The number of ether oxygens (including phenoxy) is 1. The largest absolute Gasteiger partial charge is 0.377 e. The maximum absolute atomic E-state index is 13.3. The lowest BCUT2D eigenvalue weighted by atomic mass is 10.4. The third-order valence-corrected chi connectivity index (χ3v) is 9.55. The van der Waals surface area contributed by atoms with Crippen molar-refractivity contribution in [3.8, 4) is 12.3 Å². The molecule has 0 saturated heterocycles. The van der Waals surface area contributed by atoms with E-state index < -0.39 is 11.7 Å². The molecule has 0 heterocycles. The fourth-order valence-corrected chi connectivity index (χ4v) is 8.44. The molecule has 0 aliphatic rings. The Hall–Kier alpha value is -1.68. The summed E-state index contributed by atoms with van der Waals surface area (Å²) in [5.74, 6) is -1.60. The maximum atomic E-state index is 13.3. The number of amides is 1. The van der Waals surface area contributed by atoms with Crippen molar-refractivity contribution >= 4 is 34.4 Å². The lowest BCUT2D eigenvalue weighted by Crippen LogP contribution is -2.26. The second-order valence-electron chi connectivity index (χ2n) is 5.10. The van der Waals surface area contributed by atoms with Crippen LogP contribution in [0.5, 0.6) is 0 Å². The van der Waals surface area contributed by atoms with Crippen LogP contribution in [0.2, 0.25) is 0 Å². The molecule has 0 bridgehead atoms. The monoisotopic (exact) mass is 421 g/mol. The highest BCUT2D eigenvalue weighted by Crippen LogP contribution is 2.73. The standard InChI is InChI=1S/C19H20NO4PS2/c1-2-19(21)20-13-14-23-15-16-24-25(22,26-17-9-5-3-6-10-17)27-18-11-7-4-8-12-18/h1,3-12H,13-16H2,(H,20,21). The minimum atomic E-state index is -3.08. The van der Waals surface area contributed by atoms with Gasteiger partial charge in [-0.3, -0.25) is 9.36 Å². The van der Waals surface area contributed by atoms with Gasteiger partial charge in [0.05, 0.1) is 19.8 Å². The summed E-state index contributed by atoms with van der Waals surface area (Å²) in [7, 11) is 0. The van der Waals surface area contributed by atoms with E-state index in [-0.39, 0.29) is 13.2 Å². The van der Waals surface area contributed by atoms with Crippen LogP contribution in [0.1, 0.15) is 0 Å². The molecular weight excluding hydrogens is 401 g/mol. The summed E-state index contributed by atoms with van der Waals surface area (Å²) in [4.78, 5) is 12.7. The van der Waals surface area contributed by atoms with Crippen molar-refractivity contribution in [3.05, 3.63) is 60.7 Å². The molecular formula is C19H20NO4PS2. The highest BCUT2D eigenvalue weighted by atomic mass is 33.1. The molecule has 0 saturated carbocycles. The molecule has 2 aromatic rings. The summed E-state index contributed by atoms with van der Waals surface area (Å²) in [6.45, 7) is 1.07. The van der Waals surface area contributed by atoms with E-state index in [4.69, 9.17) is 15.7 Å². The Morgan fingerprint density at radius 1 is 0.963 bits per heavy atom. The summed E-state index contributed by atoms with van der Waals surface area (Å²) in [5, 5.41) is 2.50. The minimum absolute atomic E-state index is 0.181. The minimum Gasteiger partial charge on any atom is -0.377 e. The fourth-order valence-electron chi connectivity index (χ4n) is 1.89. The fraction of sp³-hybridized carbons (Fsp3) is 0.211. The van der Waals surface area contributed by atoms with E-state index in [2.05, 4.69) is 5.32 Å². The van der Waals surface area contributed by atoms with E-state index in [9.17, 15) is 9.36 Å². The van der Waals surface area contributed by atoms with Gasteiger partial charge in [-0.15, -0.1) is 6.42 Å².